The third kappa shape index (κ3) is 2.44. The summed E-state index contributed by atoms with van der Waals surface area (Å²) in [5.41, 5.74) is 5.76. The molecule has 0 heterocycles. The second-order valence-corrected chi connectivity index (χ2v) is 3.15. The van der Waals surface area contributed by atoms with E-state index in [0.717, 1.165) is 0 Å². The van der Waals surface area contributed by atoms with Gasteiger partial charge in [-0.25, -0.2) is 4.39 Å². The molecule has 0 aliphatic heterocycles. The van der Waals surface area contributed by atoms with Crippen molar-refractivity contribution in [2.75, 3.05) is 6.54 Å². The van der Waals surface area contributed by atoms with E-state index < -0.39 is 18.6 Å². The Kier molecular flexibility index (Phi) is 3.62. The predicted octanol–water partition coefficient (Wildman–Crippen LogP) is 0.989. The van der Waals surface area contributed by atoms with Gasteiger partial charge in [0.2, 0.25) is 0 Å². The van der Waals surface area contributed by atoms with Gasteiger partial charge in [0.1, 0.15) is 12.4 Å². The summed E-state index contributed by atoms with van der Waals surface area (Å²) in [5, 5.41) is 18.3. The highest BCUT2D eigenvalue weighted by atomic mass is 19.1. The Hall–Kier alpha value is -1.62. The summed E-state index contributed by atoms with van der Waals surface area (Å²) >= 11 is 0. The average molecular weight is 213 g/mol. The molecule has 1 rings (SSSR count). The Labute approximate surface area is 86.1 Å². The van der Waals surface area contributed by atoms with Crippen LogP contribution in [0, 0.1) is 0 Å². The maximum Gasteiger partial charge on any atom is 0.312 e. The van der Waals surface area contributed by atoms with E-state index in [9.17, 15) is 14.3 Å². The fraction of sp³-hybridized carbons (Fsp3) is 0.300. The van der Waals surface area contributed by atoms with Gasteiger partial charge in [-0.2, -0.15) is 0 Å². The number of aliphatic carboxylic acids is 1. The van der Waals surface area contributed by atoms with Crippen LogP contribution in [0.25, 0.3) is 0 Å². The van der Waals surface area contributed by atoms with Crippen LogP contribution in [-0.2, 0) is 11.5 Å². The Morgan fingerprint density at radius 1 is 1.53 bits per heavy atom. The summed E-state index contributed by atoms with van der Waals surface area (Å²) in [6, 6.07) is 3.99. The molecule has 1 aromatic carbocycles. The third-order valence-electron chi connectivity index (χ3n) is 2.16. The summed E-state index contributed by atoms with van der Waals surface area (Å²) in [4.78, 5) is 10.8. The monoisotopic (exact) mass is 213 g/mol. The van der Waals surface area contributed by atoms with E-state index in [2.05, 4.69) is 0 Å². The van der Waals surface area contributed by atoms with E-state index in [1.54, 1.807) is 0 Å². The minimum atomic E-state index is -1.14. The highest BCUT2D eigenvalue weighted by molar-refractivity contribution is 5.77. The standard InChI is InChI=1S/C10H12FNO3/c11-4-6-1-2-9(13)7(3-6)8(5-12)10(14)15/h1-3,8,13H,4-5,12H2,(H,14,15). The average Bonchev–Trinajstić information content (AvgIpc) is 2.21. The first-order chi connectivity index (χ1) is 7.10. The Bertz CT molecular complexity index is 368. The van der Waals surface area contributed by atoms with Gasteiger partial charge in [-0.15, -0.1) is 0 Å². The second-order valence-electron chi connectivity index (χ2n) is 3.15. The normalized spacial score (nSPS) is 12.4. The van der Waals surface area contributed by atoms with Gasteiger partial charge in [0.25, 0.3) is 0 Å². The van der Waals surface area contributed by atoms with Crippen molar-refractivity contribution in [1.29, 1.82) is 0 Å². The molecule has 0 aliphatic rings. The molecule has 5 heteroatoms. The Morgan fingerprint density at radius 3 is 2.67 bits per heavy atom. The molecule has 0 aliphatic carbocycles. The SMILES string of the molecule is NCC(C(=O)O)c1cc(CF)ccc1O. The number of carbonyl (C=O) groups is 1. The zero-order valence-corrected chi connectivity index (χ0v) is 7.98. The van der Waals surface area contributed by atoms with Crippen molar-refractivity contribution in [3.8, 4) is 5.75 Å². The van der Waals surface area contributed by atoms with Crippen molar-refractivity contribution in [3.05, 3.63) is 29.3 Å². The van der Waals surface area contributed by atoms with Gasteiger partial charge in [0, 0.05) is 12.1 Å². The summed E-state index contributed by atoms with van der Waals surface area (Å²) < 4.78 is 12.3. The molecule has 0 radical (unpaired) electrons. The van der Waals surface area contributed by atoms with Gasteiger partial charge in [-0.1, -0.05) is 6.07 Å². The molecule has 4 N–H and O–H groups in total. The molecular formula is C10H12FNO3. The molecule has 0 bridgehead atoms. The number of alkyl halides is 1. The van der Waals surface area contributed by atoms with Crippen molar-refractivity contribution in [2.45, 2.75) is 12.6 Å². The number of nitrogens with two attached hydrogens (primary N) is 1. The quantitative estimate of drug-likeness (QED) is 0.696. The first kappa shape index (κ1) is 11.5. The van der Waals surface area contributed by atoms with Gasteiger partial charge in [-0.3, -0.25) is 4.79 Å². The summed E-state index contributed by atoms with van der Waals surface area (Å²) in [7, 11) is 0. The molecule has 0 aromatic heterocycles. The lowest BCUT2D eigenvalue weighted by atomic mass is 9.96. The number of halogens is 1. The van der Waals surface area contributed by atoms with Gasteiger partial charge in [-0.05, 0) is 17.7 Å². The van der Waals surface area contributed by atoms with E-state index in [1.807, 2.05) is 0 Å². The van der Waals surface area contributed by atoms with Crippen LogP contribution in [0.1, 0.15) is 17.0 Å². The van der Waals surface area contributed by atoms with E-state index in [-0.39, 0.29) is 17.9 Å². The minimum absolute atomic E-state index is 0.140. The number of aromatic hydroxyl groups is 1. The largest absolute Gasteiger partial charge is 0.508 e. The number of phenols is 1. The molecule has 0 fully saturated rings. The molecule has 82 valence electrons. The molecule has 1 aromatic rings. The minimum Gasteiger partial charge on any atom is -0.508 e. The molecule has 0 saturated carbocycles. The lowest BCUT2D eigenvalue weighted by Gasteiger charge is -2.12. The third-order valence-corrected chi connectivity index (χ3v) is 2.16. The smallest absolute Gasteiger partial charge is 0.312 e. The number of hydrogen-bond donors (Lipinski definition) is 3. The first-order valence-corrected chi connectivity index (χ1v) is 4.40. The van der Waals surface area contributed by atoms with Gasteiger partial charge in [0.15, 0.2) is 0 Å². The molecule has 1 unspecified atom stereocenters. The van der Waals surface area contributed by atoms with E-state index >= 15 is 0 Å². The zero-order valence-electron chi connectivity index (χ0n) is 7.98. The lowest BCUT2D eigenvalue weighted by molar-refractivity contribution is -0.138. The number of phenolic OH excluding ortho intramolecular Hbond substituents is 1. The van der Waals surface area contributed by atoms with Gasteiger partial charge < -0.3 is 15.9 Å². The summed E-state index contributed by atoms with van der Waals surface area (Å²) in [5.74, 6) is -2.31. The van der Waals surface area contributed by atoms with Crippen molar-refractivity contribution >= 4 is 5.97 Å². The molecule has 4 nitrogen and oxygen atoms in total. The van der Waals surface area contributed by atoms with Crippen LogP contribution in [0.5, 0.6) is 5.75 Å². The number of benzene rings is 1. The summed E-state index contributed by atoms with van der Waals surface area (Å²) in [6.45, 7) is -0.844. The maximum absolute atomic E-state index is 12.3. The first-order valence-electron chi connectivity index (χ1n) is 4.40. The number of rotatable bonds is 4. The van der Waals surface area contributed by atoms with E-state index in [4.69, 9.17) is 10.8 Å². The van der Waals surface area contributed by atoms with E-state index in [1.165, 1.54) is 18.2 Å². The lowest BCUT2D eigenvalue weighted by Crippen LogP contribution is -2.21. The van der Waals surface area contributed by atoms with Crippen LogP contribution in [0.2, 0.25) is 0 Å². The van der Waals surface area contributed by atoms with Crippen LogP contribution in [0.4, 0.5) is 4.39 Å². The zero-order chi connectivity index (χ0) is 11.4. The number of carboxylic acids is 1. The van der Waals surface area contributed by atoms with Crippen LogP contribution in [0.15, 0.2) is 18.2 Å². The van der Waals surface area contributed by atoms with E-state index in [0.29, 0.717) is 5.56 Å². The molecule has 0 saturated heterocycles. The van der Waals surface area contributed by atoms with Crippen molar-refractivity contribution in [2.24, 2.45) is 5.73 Å². The molecule has 1 atom stereocenters. The predicted molar refractivity (Wildman–Crippen MR) is 52.4 cm³/mol. The van der Waals surface area contributed by atoms with Crippen molar-refractivity contribution < 1.29 is 19.4 Å². The molecule has 15 heavy (non-hydrogen) atoms. The number of hydrogen-bond acceptors (Lipinski definition) is 3. The highest BCUT2D eigenvalue weighted by Crippen LogP contribution is 2.26. The van der Waals surface area contributed by atoms with Gasteiger partial charge in [0.05, 0.1) is 5.92 Å². The highest BCUT2D eigenvalue weighted by Gasteiger charge is 2.21. The Balaban J connectivity index is 3.15. The Morgan fingerprint density at radius 2 is 2.20 bits per heavy atom. The fourth-order valence-corrected chi connectivity index (χ4v) is 1.33. The fourth-order valence-electron chi connectivity index (χ4n) is 1.33. The second kappa shape index (κ2) is 4.75. The van der Waals surface area contributed by atoms with Crippen molar-refractivity contribution in [3.63, 3.8) is 0 Å². The molecular weight excluding hydrogens is 201 g/mol. The molecule has 0 amide bonds. The summed E-state index contributed by atoms with van der Waals surface area (Å²) in [6.07, 6.45) is 0. The van der Waals surface area contributed by atoms with Crippen molar-refractivity contribution in [1.82, 2.24) is 0 Å². The maximum atomic E-state index is 12.3. The van der Waals surface area contributed by atoms with Crippen LogP contribution < -0.4 is 5.73 Å². The number of carboxylic acid groups (broad SMARTS) is 1. The topological polar surface area (TPSA) is 83.6 Å². The van der Waals surface area contributed by atoms with Crippen LogP contribution in [0.3, 0.4) is 0 Å². The van der Waals surface area contributed by atoms with Crippen LogP contribution in [-0.4, -0.2) is 22.7 Å². The molecule has 0 spiro atoms. The van der Waals surface area contributed by atoms with Gasteiger partial charge >= 0.3 is 5.97 Å². The van der Waals surface area contributed by atoms with Crippen LogP contribution >= 0.6 is 0 Å².